The monoisotopic (exact) mass is 194 g/mol. The molecule has 0 aliphatic heterocycles. The Morgan fingerprint density at radius 3 is 2.79 bits per heavy atom. The maximum Gasteiger partial charge on any atom is 0.0937 e. The van der Waals surface area contributed by atoms with E-state index in [1.165, 1.54) is 25.7 Å². The summed E-state index contributed by atoms with van der Waals surface area (Å²) >= 11 is 0. The van der Waals surface area contributed by atoms with E-state index in [4.69, 9.17) is 5.73 Å². The number of fused-ring (bicyclic) bond motifs is 2. The van der Waals surface area contributed by atoms with Crippen LogP contribution in [0.4, 0.5) is 0 Å². The molecule has 2 fully saturated rings. The molecule has 2 N–H and O–H groups in total. The van der Waals surface area contributed by atoms with Crippen molar-refractivity contribution in [3.05, 3.63) is 0 Å². The molecular formula is C12H22N2. The van der Waals surface area contributed by atoms with Crippen molar-refractivity contribution < 1.29 is 0 Å². The van der Waals surface area contributed by atoms with Crippen molar-refractivity contribution in [2.75, 3.05) is 6.54 Å². The number of hydrogen-bond donors (Lipinski definition) is 1. The fourth-order valence-electron chi connectivity index (χ4n) is 3.17. The number of nitrogens with two attached hydrogens (primary N) is 1. The summed E-state index contributed by atoms with van der Waals surface area (Å²) in [6.07, 6.45) is 7.93. The highest BCUT2D eigenvalue weighted by molar-refractivity contribution is 5.80. The zero-order valence-corrected chi connectivity index (χ0v) is 9.21. The molecular weight excluding hydrogens is 172 g/mol. The molecule has 0 spiro atoms. The fraction of sp³-hybridized carbons (Fsp3) is 0.917. The molecule has 2 saturated carbocycles. The van der Waals surface area contributed by atoms with Crippen LogP contribution in [0.25, 0.3) is 0 Å². The van der Waals surface area contributed by atoms with E-state index in [0.29, 0.717) is 0 Å². The quantitative estimate of drug-likeness (QED) is 0.542. The van der Waals surface area contributed by atoms with Gasteiger partial charge in [-0.2, -0.15) is 0 Å². The molecule has 0 aromatic carbocycles. The van der Waals surface area contributed by atoms with Crippen LogP contribution in [0.5, 0.6) is 0 Å². The highest BCUT2D eigenvalue weighted by Crippen LogP contribution is 2.48. The molecule has 2 aliphatic carbocycles. The summed E-state index contributed by atoms with van der Waals surface area (Å²) < 4.78 is 0. The van der Waals surface area contributed by atoms with Gasteiger partial charge in [0, 0.05) is 13.0 Å². The van der Waals surface area contributed by atoms with E-state index >= 15 is 0 Å². The predicted octanol–water partition coefficient (Wildman–Crippen LogP) is 2.58. The normalized spacial score (nSPS) is 36.6. The van der Waals surface area contributed by atoms with Crippen LogP contribution in [0.15, 0.2) is 4.99 Å². The molecule has 2 heteroatoms. The highest BCUT2D eigenvalue weighted by atomic mass is 14.9. The first kappa shape index (κ1) is 10.0. The SMILES string of the molecule is CCCC(N)=NCC1CC2CCC1C2. The van der Waals surface area contributed by atoms with Gasteiger partial charge in [0.05, 0.1) is 5.84 Å². The molecule has 14 heavy (non-hydrogen) atoms. The maximum absolute atomic E-state index is 5.81. The van der Waals surface area contributed by atoms with Gasteiger partial charge in [0.25, 0.3) is 0 Å². The molecule has 0 radical (unpaired) electrons. The van der Waals surface area contributed by atoms with Crippen molar-refractivity contribution >= 4 is 5.84 Å². The van der Waals surface area contributed by atoms with Gasteiger partial charge in [-0.3, -0.25) is 4.99 Å². The maximum atomic E-state index is 5.81. The molecule has 0 aromatic rings. The number of hydrogen-bond acceptors (Lipinski definition) is 1. The average Bonchev–Trinajstić information content (AvgIpc) is 2.76. The largest absolute Gasteiger partial charge is 0.387 e. The Labute approximate surface area is 87.0 Å². The standard InChI is InChI=1S/C12H22N2/c1-2-3-12(13)14-8-11-7-9-4-5-10(11)6-9/h9-11H,2-8H2,1H3,(H2,13,14). The van der Waals surface area contributed by atoms with Crippen LogP contribution >= 0.6 is 0 Å². The lowest BCUT2D eigenvalue weighted by atomic mass is 9.89. The van der Waals surface area contributed by atoms with Gasteiger partial charge in [-0.05, 0) is 43.4 Å². The molecule has 2 nitrogen and oxygen atoms in total. The third kappa shape index (κ3) is 2.10. The van der Waals surface area contributed by atoms with Crippen LogP contribution in [0.3, 0.4) is 0 Å². The van der Waals surface area contributed by atoms with Crippen molar-refractivity contribution in [2.45, 2.75) is 45.4 Å². The summed E-state index contributed by atoms with van der Waals surface area (Å²) in [5.41, 5.74) is 5.81. The number of aliphatic imine (C=N–C) groups is 1. The Balaban J connectivity index is 1.78. The predicted molar refractivity (Wildman–Crippen MR) is 60.3 cm³/mol. The summed E-state index contributed by atoms with van der Waals surface area (Å²) in [6, 6.07) is 0. The third-order valence-electron chi connectivity index (χ3n) is 3.92. The topological polar surface area (TPSA) is 38.4 Å². The Morgan fingerprint density at radius 1 is 1.36 bits per heavy atom. The van der Waals surface area contributed by atoms with Gasteiger partial charge in [0.1, 0.15) is 0 Å². The summed E-state index contributed by atoms with van der Waals surface area (Å²) in [6.45, 7) is 3.16. The van der Waals surface area contributed by atoms with Crippen LogP contribution in [-0.2, 0) is 0 Å². The van der Waals surface area contributed by atoms with Gasteiger partial charge in [0.2, 0.25) is 0 Å². The van der Waals surface area contributed by atoms with Crippen molar-refractivity contribution in [2.24, 2.45) is 28.5 Å². The molecule has 0 heterocycles. The number of rotatable bonds is 4. The van der Waals surface area contributed by atoms with E-state index in [2.05, 4.69) is 11.9 Å². The van der Waals surface area contributed by atoms with E-state index < -0.39 is 0 Å². The second-order valence-corrected chi connectivity index (χ2v) is 5.02. The first-order valence-corrected chi connectivity index (χ1v) is 6.08. The van der Waals surface area contributed by atoms with Crippen molar-refractivity contribution in [1.82, 2.24) is 0 Å². The summed E-state index contributed by atoms with van der Waals surface area (Å²) in [5, 5.41) is 0. The molecule has 80 valence electrons. The van der Waals surface area contributed by atoms with Crippen LogP contribution in [0.2, 0.25) is 0 Å². The van der Waals surface area contributed by atoms with Crippen LogP contribution in [-0.4, -0.2) is 12.4 Å². The fourth-order valence-corrected chi connectivity index (χ4v) is 3.17. The van der Waals surface area contributed by atoms with E-state index in [0.717, 1.165) is 43.0 Å². The molecule has 3 unspecified atom stereocenters. The Morgan fingerprint density at radius 2 is 2.21 bits per heavy atom. The van der Waals surface area contributed by atoms with E-state index in [1.54, 1.807) is 0 Å². The van der Waals surface area contributed by atoms with Gasteiger partial charge in [0.15, 0.2) is 0 Å². The summed E-state index contributed by atoms with van der Waals surface area (Å²) in [7, 11) is 0. The molecule has 2 rings (SSSR count). The molecule has 0 aromatic heterocycles. The van der Waals surface area contributed by atoms with E-state index in [9.17, 15) is 0 Å². The van der Waals surface area contributed by atoms with Crippen molar-refractivity contribution in [3.8, 4) is 0 Å². The number of amidine groups is 1. The Hall–Kier alpha value is -0.530. The van der Waals surface area contributed by atoms with Gasteiger partial charge in [-0.1, -0.05) is 13.3 Å². The second-order valence-electron chi connectivity index (χ2n) is 5.02. The van der Waals surface area contributed by atoms with Crippen molar-refractivity contribution in [3.63, 3.8) is 0 Å². The number of nitrogens with zero attached hydrogens (tertiary/aromatic N) is 1. The molecule has 2 aliphatic rings. The summed E-state index contributed by atoms with van der Waals surface area (Å²) in [4.78, 5) is 4.51. The van der Waals surface area contributed by atoms with Gasteiger partial charge in [-0.25, -0.2) is 0 Å². The molecule has 0 amide bonds. The lowest BCUT2D eigenvalue weighted by Gasteiger charge is -2.19. The average molecular weight is 194 g/mol. The minimum atomic E-state index is 0.865. The van der Waals surface area contributed by atoms with Crippen LogP contribution < -0.4 is 5.73 Å². The highest BCUT2D eigenvalue weighted by Gasteiger charge is 2.38. The smallest absolute Gasteiger partial charge is 0.0937 e. The molecule has 2 bridgehead atoms. The van der Waals surface area contributed by atoms with Crippen LogP contribution in [0, 0.1) is 17.8 Å². The summed E-state index contributed by atoms with van der Waals surface area (Å²) in [5.74, 6) is 3.75. The third-order valence-corrected chi connectivity index (χ3v) is 3.92. The van der Waals surface area contributed by atoms with Crippen LogP contribution in [0.1, 0.15) is 45.4 Å². The Bertz CT molecular complexity index is 222. The first-order chi connectivity index (χ1) is 6.79. The van der Waals surface area contributed by atoms with Crippen molar-refractivity contribution in [1.29, 1.82) is 0 Å². The lowest BCUT2D eigenvalue weighted by Crippen LogP contribution is -2.17. The van der Waals surface area contributed by atoms with Gasteiger partial charge < -0.3 is 5.73 Å². The van der Waals surface area contributed by atoms with E-state index in [1.807, 2.05) is 0 Å². The zero-order valence-electron chi connectivity index (χ0n) is 9.21. The molecule has 0 saturated heterocycles. The van der Waals surface area contributed by atoms with E-state index in [-0.39, 0.29) is 0 Å². The molecule has 3 atom stereocenters. The minimum Gasteiger partial charge on any atom is -0.387 e. The zero-order chi connectivity index (χ0) is 9.97. The Kier molecular flexibility index (Phi) is 3.09. The minimum absolute atomic E-state index is 0.865. The first-order valence-electron chi connectivity index (χ1n) is 6.08. The lowest BCUT2D eigenvalue weighted by molar-refractivity contribution is 0.342. The second kappa shape index (κ2) is 4.33. The van der Waals surface area contributed by atoms with Gasteiger partial charge in [-0.15, -0.1) is 0 Å². The van der Waals surface area contributed by atoms with Gasteiger partial charge >= 0.3 is 0 Å².